The van der Waals surface area contributed by atoms with Crippen molar-refractivity contribution in [2.75, 3.05) is 18.4 Å². The van der Waals surface area contributed by atoms with Crippen molar-refractivity contribution in [3.05, 3.63) is 102 Å². The lowest BCUT2D eigenvalue weighted by Gasteiger charge is -2.04. The summed E-state index contributed by atoms with van der Waals surface area (Å²) in [5.41, 5.74) is 18.8. The van der Waals surface area contributed by atoms with Crippen molar-refractivity contribution >= 4 is 29.8 Å². The summed E-state index contributed by atoms with van der Waals surface area (Å²) in [5, 5.41) is 19.5. The number of carboxylic acid groups (broad SMARTS) is 2. The number of hydrogen-bond acceptors (Lipinski definition) is 7. The highest BCUT2D eigenvalue weighted by atomic mass is 16.4. The number of carbonyl (C=O) groups is 4. The first-order chi connectivity index (χ1) is 20.7. The summed E-state index contributed by atoms with van der Waals surface area (Å²) in [6.45, 7) is 3.39. The van der Waals surface area contributed by atoms with Crippen LogP contribution in [0.3, 0.4) is 0 Å². The molecular weight excluding hydrogens is 548 g/mol. The molecule has 1 amide bonds. The van der Waals surface area contributed by atoms with Gasteiger partial charge in [-0.15, -0.1) is 0 Å². The van der Waals surface area contributed by atoms with Gasteiger partial charge in [-0.3, -0.25) is 14.4 Å². The van der Waals surface area contributed by atoms with Crippen LogP contribution >= 0.6 is 0 Å². The quantitative estimate of drug-likeness (QED) is 0.120. The Morgan fingerprint density at radius 2 is 1.40 bits per heavy atom. The Morgan fingerprint density at radius 3 is 1.84 bits per heavy atom. The van der Waals surface area contributed by atoms with Crippen molar-refractivity contribution in [3.8, 4) is 0 Å². The third-order valence-electron chi connectivity index (χ3n) is 5.67. The highest BCUT2D eigenvalue weighted by Gasteiger charge is 2.09. The molecule has 0 radical (unpaired) electrons. The van der Waals surface area contributed by atoms with E-state index in [9.17, 15) is 19.2 Å². The zero-order valence-electron chi connectivity index (χ0n) is 24.9. The number of nitrogens with two attached hydrogens (primary N) is 3. The Bertz CT molecular complexity index is 1160. The van der Waals surface area contributed by atoms with E-state index in [-0.39, 0.29) is 5.91 Å². The Hall–Kier alpha value is -4.38. The lowest BCUT2D eigenvalue weighted by Crippen LogP contribution is -2.29. The molecule has 234 valence electrons. The predicted molar refractivity (Wildman–Crippen MR) is 171 cm³/mol. The van der Waals surface area contributed by atoms with Crippen molar-refractivity contribution < 1.29 is 29.4 Å². The Kier molecular flexibility index (Phi) is 22.8. The van der Waals surface area contributed by atoms with Crippen LogP contribution in [-0.2, 0) is 16.0 Å². The number of carboxylic acids is 2. The van der Waals surface area contributed by atoms with Gasteiger partial charge in [-0.05, 0) is 80.7 Å². The van der Waals surface area contributed by atoms with Crippen molar-refractivity contribution in [3.63, 3.8) is 0 Å². The molecule has 10 heteroatoms. The first kappa shape index (κ1) is 38.6. The number of benzene rings is 3. The second-order valence-electron chi connectivity index (χ2n) is 9.32. The van der Waals surface area contributed by atoms with E-state index in [0.29, 0.717) is 30.5 Å². The molecule has 0 unspecified atom stereocenters. The average Bonchev–Trinajstić information content (AvgIpc) is 3.02. The van der Waals surface area contributed by atoms with Gasteiger partial charge in [0.1, 0.15) is 12.3 Å². The maximum atomic E-state index is 11.3. The Morgan fingerprint density at radius 1 is 0.814 bits per heavy atom. The van der Waals surface area contributed by atoms with Crippen LogP contribution in [-0.4, -0.2) is 53.5 Å². The van der Waals surface area contributed by atoms with E-state index in [0.717, 1.165) is 50.6 Å². The number of aliphatic carboxylic acids is 1. The molecule has 0 aromatic heterocycles. The van der Waals surface area contributed by atoms with Crippen LogP contribution in [0.5, 0.6) is 0 Å². The maximum absolute atomic E-state index is 11.3. The first-order valence-electron chi connectivity index (χ1n) is 14.2. The second-order valence-corrected chi connectivity index (χ2v) is 9.32. The minimum absolute atomic E-state index is 0.0238. The molecule has 0 heterocycles. The molecule has 0 saturated heterocycles. The van der Waals surface area contributed by atoms with Crippen LogP contribution in [0.25, 0.3) is 0 Å². The highest BCUT2D eigenvalue weighted by molar-refractivity contribution is 5.91. The summed E-state index contributed by atoms with van der Waals surface area (Å²) in [6, 6.07) is 24.7. The molecule has 0 fully saturated rings. The van der Waals surface area contributed by atoms with Crippen molar-refractivity contribution in [2.24, 2.45) is 17.2 Å². The van der Waals surface area contributed by atoms with Crippen LogP contribution in [0.15, 0.2) is 84.9 Å². The number of rotatable bonds is 13. The van der Waals surface area contributed by atoms with Gasteiger partial charge >= 0.3 is 11.9 Å². The van der Waals surface area contributed by atoms with E-state index in [1.54, 1.807) is 54.6 Å². The molecule has 43 heavy (non-hydrogen) atoms. The van der Waals surface area contributed by atoms with Crippen molar-refractivity contribution in [1.82, 2.24) is 0 Å². The molecule has 0 aliphatic heterocycles. The summed E-state index contributed by atoms with van der Waals surface area (Å²) < 4.78 is 0. The molecule has 1 atom stereocenters. The molecule has 9 N–H and O–H groups in total. The van der Waals surface area contributed by atoms with E-state index in [1.165, 1.54) is 5.56 Å². The summed E-state index contributed by atoms with van der Waals surface area (Å²) >= 11 is 0. The number of aromatic carboxylic acids is 1. The lowest BCUT2D eigenvalue weighted by molar-refractivity contribution is -0.138. The number of nitrogens with one attached hydrogen (secondary N) is 1. The number of aldehydes is 1. The van der Waals surface area contributed by atoms with Crippen LogP contribution < -0.4 is 22.5 Å². The second kappa shape index (κ2) is 25.3. The van der Waals surface area contributed by atoms with E-state index in [1.807, 2.05) is 25.1 Å². The van der Waals surface area contributed by atoms with Gasteiger partial charge in [0.05, 0.1) is 5.56 Å². The van der Waals surface area contributed by atoms with E-state index < -0.39 is 18.0 Å². The van der Waals surface area contributed by atoms with Gasteiger partial charge in [0.25, 0.3) is 0 Å². The van der Waals surface area contributed by atoms with Crippen LogP contribution in [0.2, 0.25) is 0 Å². The zero-order valence-corrected chi connectivity index (χ0v) is 24.9. The van der Waals surface area contributed by atoms with Gasteiger partial charge in [-0.1, -0.05) is 68.3 Å². The van der Waals surface area contributed by atoms with Crippen LogP contribution in [0.4, 0.5) is 5.69 Å². The number of hydrogen-bond donors (Lipinski definition) is 6. The van der Waals surface area contributed by atoms with Gasteiger partial charge in [0.2, 0.25) is 5.91 Å². The van der Waals surface area contributed by atoms with E-state index >= 15 is 0 Å². The molecule has 0 aliphatic carbocycles. The Balaban J connectivity index is 0.000000562. The zero-order chi connectivity index (χ0) is 32.3. The smallest absolute Gasteiger partial charge is 0.335 e. The standard InChI is InChI=1S/C12H15NO2.C8H11N.C7H6O2.C6H14N2O2/c1-2-3-4-12(15)13-11-7-5-10(9-14)6-8-11;9-7-6-8-4-2-1-3-5-8;8-7(9)6-4-2-1-3-5-6;7-4-2-1-3-5(8)6(9)10/h5-9H,2-4H2,1H3,(H,13,15);1-5H,6-7,9H2;1-5H,(H,8,9);5H,1-4,7-8H2,(H,9,10)/t;;;5-/m...0/s1. The molecule has 0 bridgehead atoms. The Labute approximate surface area is 254 Å². The summed E-state index contributed by atoms with van der Waals surface area (Å²) in [6.07, 6.45) is 6.39. The van der Waals surface area contributed by atoms with Crippen LogP contribution in [0.1, 0.15) is 71.7 Å². The topological polar surface area (TPSA) is 199 Å². The summed E-state index contributed by atoms with van der Waals surface area (Å²) in [4.78, 5) is 42.1. The lowest BCUT2D eigenvalue weighted by atomic mass is 10.1. The summed E-state index contributed by atoms with van der Waals surface area (Å²) in [7, 11) is 0. The SMILES string of the molecule is CCCCC(=O)Nc1ccc(C=O)cc1.NCCCC[C@H](N)C(=O)O.NCCc1ccccc1.O=C(O)c1ccccc1. The highest BCUT2D eigenvalue weighted by Crippen LogP contribution is 2.09. The number of carbonyl (C=O) groups excluding carboxylic acids is 2. The minimum Gasteiger partial charge on any atom is -0.480 e. The summed E-state index contributed by atoms with van der Waals surface area (Å²) in [5.74, 6) is -1.79. The monoisotopic (exact) mass is 594 g/mol. The van der Waals surface area contributed by atoms with Crippen LogP contribution in [0, 0.1) is 0 Å². The van der Waals surface area contributed by atoms with Gasteiger partial charge in [-0.2, -0.15) is 0 Å². The molecule has 0 saturated carbocycles. The number of amides is 1. The fourth-order valence-electron chi connectivity index (χ4n) is 3.23. The van der Waals surface area contributed by atoms with Crippen molar-refractivity contribution in [2.45, 2.75) is 57.9 Å². The fraction of sp³-hybridized carbons (Fsp3) is 0.333. The van der Waals surface area contributed by atoms with Gasteiger partial charge in [-0.25, -0.2) is 4.79 Å². The maximum Gasteiger partial charge on any atom is 0.335 e. The fourth-order valence-corrected chi connectivity index (χ4v) is 3.23. The molecule has 0 aliphatic rings. The molecule has 3 aromatic carbocycles. The molecule has 3 rings (SSSR count). The molecule has 3 aromatic rings. The van der Waals surface area contributed by atoms with E-state index in [2.05, 4.69) is 17.4 Å². The average molecular weight is 595 g/mol. The van der Waals surface area contributed by atoms with Gasteiger partial charge in [0.15, 0.2) is 0 Å². The number of anilines is 1. The van der Waals surface area contributed by atoms with Gasteiger partial charge in [0, 0.05) is 17.7 Å². The molecule has 10 nitrogen and oxygen atoms in total. The first-order valence-corrected chi connectivity index (χ1v) is 14.2. The molecule has 0 spiro atoms. The third-order valence-corrected chi connectivity index (χ3v) is 5.67. The third kappa shape index (κ3) is 21.0. The predicted octanol–water partition coefficient (Wildman–Crippen LogP) is 4.73. The van der Waals surface area contributed by atoms with Crippen molar-refractivity contribution in [1.29, 1.82) is 0 Å². The van der Waals surface area contributed by atoms with E-state index in [4.69, 9.17) is 27.4 Å². The normalized spacial score (nSPS) is 10.2. The van der Waals surface area contributed by atoms with Gasteiger partial charge < -0.3 is 32.7 Å². The largest absolute Gasteiger partial charge is 0.480 e. The number of unbranched alkanes of at least 4 members (excludes halogenated alkanes) is 2. The molecular formula is C33H46N4O6. The minimum atomic E-state index is -0.933.